The predicted octanol–water partition coefficient (Wildman–Crippen LogP) is 2.78. The molecule has 0 bridgehead atoms. The molecule has 0 amide bonds. The van der Waals surface area contributed by atoms with Crippen LogP contribution in [0.1, 0.15) is 18.4 Å². The number of piperidine rings is 1. The van der Waals surface area contributed by atoms with Crippen LogP contribution >= 0.6 is 15.9 Å². The molecule has 1 fully saturated rings. The lowest BCUT2D eigenvalue weighted by atomic mass is 10.1. The lowest BCUT2D eigenvalue weighted by Crippen LogP contribution is -2.39. The molecule has 0 saturated carbocycles. The van der Waals surface area contributed by atoms with E-state index in [1.807, 2.05) is 14.2 Å². The van der Waals surface area contributed by atoms with Crippen LogP contribution < -0.4 is 10.2 Å². The monoisotopic (exact) mass is 312 g/mol. The van der Waals surface area contributed by atoms with Gasteiger partial charge in [0.05, 0.1) is 6.10 Å². The van der Waals surface area contributed by atoms with Gasteiger partial charge in [0.25, 0.3) is 0 Å². The van der Waals surface area contributed by atoms with Gasteiger partial charge in [-0.05, 0) is 43.7 Å². The number of nitrogens with zero attached hydrogens (tertiary/aromatic N) is 1. The van der Waals surface area contributed by atoms with E-state index in [4.69, 9.17) is 4.74 Å². The molecule has 100 valence electrons. The average Bonchev–Trinajstić information content (AvgIpc) is 2.39. The summed E-state index contributed by atoms with van der Waals surface area (Å²) in [5.74, 6) is 0. The highest BCUT2D eigenvalue weighted by Crippen LogP contribution is 2.27. The number of benzene rings is 1. The summed E-state index contributed by atoms with van der Waals surface area (Å²) in [4.78, 5) is 2.44. The van der Waals surface area contributed by atoms with Gasteiger partial charge in [-0.1, -0.05) is 15.9 Å². The fraction of sp³-hybridized carbons (Fsp3) is 0.571. The Morgan fingerprint density at radius 1 is 1.50 bits per heavy atom. The molecular formula is C14H21BrN2O. The number of nitrogens with one attached hydrogen (secondary N) is 1. The fourth-order valence-electron chi connectivity index (χ4n) is 2.54. The Bertz CT molecular complexity index is 397. The first kappa shape index (κ1) is 13.8. The van der Waals surface area contributed by atoms with Crippen LogP contribution in [0.5, 0.6) is 0 Å². The van der Waals surface area contributed by atoms with E-state index in [9.17, 15) is 0 Å². The van der Waals surface area contributed by atoms with Crippen LogP contribution in [0.2, 0.25) is 0 Å². The number of methoxy groups -OCH3 is 1. The number of ether oxygens (including phenoxy) is 1. The van der Waals surface area contributed by atoms with Crippen molar-refractivity contribution in [3.05, 3.63) is 28.2 Å². The van der Waals surface area contributed by atoms with Gasteiger partial charge in [0, 0.05) is 36.9 Å². The van der Waals surface area contributed by atoms with Crippen molar-refractivity contribution in [2.45, 2.75) is 25.5 Å². The van der Waals surface area contributed by atoms with Crippen LogP contribution in [0.4, 0.5) is 5.69 Å². The first-order chi connectivity index (χ1) is 8.74. The molecule has 2 rings (SSSR count). The summed E-state index contributed by atoms with van der Waals surface area (Å²) in [5, 5.41) is 3.24. The minimum atomic E-state index is 0.366. The number of hydrogen-bond donors (Lipinski definition) is 1. The second-order valence-corrected chi connectivity index (χ2v) is 5.66. The van der Waals surface area contributed by atoms with E-state index in [-0.39, 0.29) is 0 Å². The van der Waals surface area contributed by atoms with Crippen LogP contribution in [0, 0.1) is 0 Å². The Balaban J connectivity index is 2.20. The van der Waals surface area contributed by atoms with Crippen molar-refractivity contribution >= 4 is 21.6 Å². The van der Waals surface area contributed by atoms with E-state index in [0.29, 0.717) is 6.10 Å². The largest absolute Gasteiger partial charge is 0.380 e. The smallest absolute Gasteiger partial charge is 0.0746 e. The van der Waals surface area contributed by atoms with Crippen LogP contribution in [-0.2, 0) is 11.3 Å². The number of hydrogen-bond acceptors (Lipinski definition) is 3. The summed E-state index contributed by atoms with van der Waals surface area (Å²) in [6.45, 7) is 3.01. The molecule has 0 radical (unpaired) electrons. The maximum absolute atomic E-state index is 5.50. The maximum atomic E-state index is 5.50. The van der Waals surface area contributed by atoms with E-state index in [1.165, 1.54) is 24.1 Å². The van der Waals surface area contributed by atoms with Crippen molar-refractivity contribution in [1.29, 1.82) is 0 Å². The summed E-state index contributed by atoms with van der Waals surface area (Å²) in [5.41, 5.74) is 2.66. The van der Waals surface area contributed by atoms with Crippen LogP contribution in [0.25, 0.3) is 0 Å². The van der Waals surface area contributed by atoms with Crippen molar-refractivity contribution in [3.63, 3.8) is 0 Å². The van der Waals surface area contributed by atoms with Gasteiger partial charge in [0.1, 0.15) is 0 Å². The molecular weight excluding hydrogens is 292 g/mol. The summed E-state index contributed by atoms with van der Waals surface area (Å²) in [6, 6.07) is 6.52. The van der Waals surface area contributed by atoms with E-state index in [0.717, 1.165) is 24.1 Å². The molecule has 1 saturated heterocycles. The second kappa shape index (κ2) is 6.55. The highest BCUT2D eigenvalue weighted by atomic mass is 79.9. The van der Waals surface area contributed by atoms with Gasteiger partial charge >= 0.3 is 0 Å². The summed E-state index contributed by atoms with van der Waals surface area (Å²) >= 11 is 3.54. The summed E-state index contributed by atoms with van der Waals surface area (Å²) in [6.07, 6.45) is 2.74. The highest BCUT2D eigenvalue weighted by molar-refractivity contribution is 9.10. The average molecular weight is 313 g/mol. The molecule has 1 aromatic rings. The Labute approximate surface area is 118 Å². The van der Waals surface area contributed by atoms with E-state index in [2.05, 4.69) is 44.3 Å². The minimum Gasteiger partial charge on any atom is -0.380 e. The number of rotatable bonds is 4. The summed E-state index contributed by atoms with van der Waals surface area (Å²) in [7, 11) is 3.79. The molecule has 1 atom stereocenters. The molecule has 0 aromatic heterocycles. The van der Waals surface area contributed by atoms with Gasteiger partial charge in [-0.15, -0.1) is 0 Å². The second-order valence-electron chi connectivity index (χ2n) is 4.75. The van der Waals surface area contributed by atoms with Crippen molar-refractivity contribution in [2.75, 3.05) is 32.1 Å². The molecule has 1 N–H and O–H groups in total. The van der Waals surface area contributed by atoms with Crippen molar-refractivity contribution in [1.82, 2.24) is 5.32 Å². The van der Waals surface area contributed by atoms with Gasteiger partial charge in [0.2, 0.25) is 0 Å². The van der Waals surface area contributed by atoms with E-state index >= 15 is 0 Å². The Kier molecular flexibility index (Phi) is 5.03. The van der Waals surface area contributed by atoms with Gasteiger partial charge in [-0.3, -0.25) is 0 Å². The Hall–Kier alpha value is -0.580. The molecule has 1 aromatic carbocycles. The molecule has 3 nitrogen and oxygen atoms in total. The van der Waals surface area contributed by atoms with Gasteiger partial charge in [-0.2, -0.15) is 0 Å². The molecule has 0 spiro atoms. The third-order valence-corrected chi connectivity index (χ3v) is 3.95. The molecule has 1 aliphatic rings. The normalized spacial score (nSPS) is 20.2. The van der Waals surface area contributed by atoms with Crippen molar-refractivity contribution in [3.8, 4) is 0 Å². The van der Waals surface area contributed by atoms with E-state index < -0.39 is 0 Å². The zero-order valence-electron chi connectivity index (χ0n) is 11.1. The number of halogens is 1. The topological polar surface area (TPSA) is 24.5 Å². The quantitative estimate of drug-likeness (QED) is 0.925. The fourth-order valence-corrected chi connectivity index (χ4v) is 2.95. The lowest BCUT2D eigenvalue weighted by Gasteiger charge is -2.35. The lowest BCUT2D eigenvalue weighted by molar-refractivity contribution is 0.0893. The first-order valence-electron chi connectivity index (χ1n) is 6.45. The number of anilines is 1. The molecule has 4 heteroatoms. The predicted molar refractivity (Wildman–Crippen MR) is 79.1 cm³/mol. The van der Waals surface area contributed by atoms with E-state index in [1.54, 1.807) is 0 Å². The van der Waals surface area contributed by atoms with Gasteiger partial charge in [-0.25, -0.2) is 0 Å². The van der Waals surface area contributed by atoms with Crippen LogP contribution in [0.3, 0.4) is 0 Å². The Morgan fingerprint density at radius 3 is 3.06 bits per heavy atom. The zero-order valence-corrected chi connectivity index (χ0v) is 12.7. The SMILES string of the molecule is CNCc1cc(Br)ccc1N1CCCC(OC)C1. The molecule has 1 heterocycles. The standard InChI is InChI=1S/C14H21BrN2O/c1-16-9-11-8-12(15)5-6-14(11)17-7-3-4-13(10-17)18-2/h5-6,8,13,16H,3-4,7,9-10H2,1-2H3. The first-order valence-corrected chi connectivity index (χ1v) is 7.24. The third-order valence-electron chi connectivity index (χ3n) is 3.46. The maximum Gasteiger partial charge on any atom is 0.0746 e. The van der Waals surface area contributed by atoms with Gasteiger partial charge < -0.3 is 15.0 Å². The Morgan fingerprint density at radius 2 is 2.33 bits per heavy atom. The molecule has 0 aliphatic carbocycles. The van der Waals surface area contributed by atoms with Gasteiger partial charge in [0.15, 0.2) is 0 Å². The molecule has 1 unspecified atom stereocenters. The van der Waals surface area contributed by atoms with Crippen molar-refractivity contribution in [2.24, 2.45) is 0 Å². The highest BCUT2D eigenvalue weighted by Gasteiger charge is 2.21. The molecule has 1 aliphatic heterocycles. The van der Waals surface area contributed by atoms with Crippen molar-refractivity contribution < 1.29 is 4.74 Å². The summed E-state index contributed by atoms with van der Waals surface area (Å²) < 4.78 is 6.64. The van der Waals surface area contributed by atoms with Crippen LogP contribution in [-0.4, -0.2) is 33.4 Å². The zero-order chi connectivity index (χ0) is 13.0. The minimum absolute atomic E-state index is 0.366. The van der Waals surface area contributed by atoms with Crippen LogP contribution in [0.15, 0.2) is 22.7 Å². The third kappa shape index (κ3) is 3.25. The molecule has 18 heavy (non-hydrogen) atoms.